The Morgan fingerprint density at radius 1 is 0.900 bits per heavy atom. The van der Waals surface area contributed by atoms with Crippen LogP contribution in [0.15, 0.2) is 47.1 Å². The van der Waals surface area contributed by atoms with E-state index in [2.05, 4.69) is 31.7 Å². The van der Waals surface area contributed by atoms with Crippen molar-refractivity contribution in [2.75, 3.05) is 0 Å². The lowest BCUT2D eigenvalue weighted by Crippen LogP contribution is -2.33. The smallest absolute Gasteiger partial charge is 0.0787 e. The molecule has 4 aliphatic rings. The lowest BCUT2D eigenvalue weighted by molar-refractivity contribution is 0.136. The SMILES string of the molecule is C=C1/C(=C\C=C2/CCCC3(C)C(C/C=C4\CCCC4O)CCC23)CCCC1O.CC. The van der Waals surface area contributed by atoms with Crippen LogP contribution in [0.1, 0.15) is 97.8 Å². The zero-order chi connectivity index (χ0) is 21.7. The molecule has 30 heavy (non-hydrogen) atoms. The molecule has 4 aliphatic carbocycles. The quantitative estimate of drug-likeness (QED) is 0.488. The fraction of sp³-hybridized carbons (Fsp3) is 0.714. The van der Waals surface area contributed by atoms with Crippen LogP contribution in [0, 0.1) is 17.3 Å². The third-order valence-corrected chi connectivity index (χ3v) is 8.43. The monoisotopic (exact) mass is 412 g/mol. The fourth-order valence-electron chi connectivity index (χ4n) is 6.55. The number of rotatable bonds is 3. The molecule has 0 aromatic rings. The molecule has 4 rings (SSSR count). The molecule has 2 nitrogen and oxygen atoms in total. The lowest BCUT2D eigenvalue weighted by atomic mass is 9.63. The molecular weight excluding hydrogens is 368 g/mol. The van der Waals surface area contributed by atoms with E-state index < -0.39 is 0 Å². The van der Waals surface area contributed by atoms with Crippen molar-refractivity contribution in [2.24, 2.45) is 17.3 Å². The number of hydrogen-bond acceptors (Lipinski definition) is 2. The molecule has 2 N–H and O–H groups in total. The summed E-state index contributed by atoms with van der Waals surface area (Å²) in [5, 5.41) is 20.2. The Bertz CT molecular complexity index is 697. The Kier molecular flexibility index (Phi) is 8.21. The first-order valence-electron chi connectivity index (χ1n) is 12.6. The van der Waals surface area contributed by atoms with Crippen LogP contribution in [-0.2, 0) is 0 Å². The van der Waals surface area contributed by atoms with Gasteiger partial charge in [0, 0.05) is 0 Å². The minimum Gasteiger partial charge on any atom is -0.389 e. The second kappa shape index (κ2) is 10.5. The Labute approximate surface area is 184 Å². The van der Waals surface area contributed by atoms with Crippen molar-refractivity contribution < 1.29 is 10.2 Å². The normalized spacial score (nSPS) is 40.6. The van der Waals surface area contributed by atoms with Gasteiger partial charge in [-0.1, -0.05) is 51.2 Å². The van der Waals surface area contributed by atoms with E-state index >= 15 is 0 Å². The summed E-state index contributed by atoms with van der Waals surface area (Å²) in [5.41, 5.74) is 5.54. The second-order valence-corrected chi connectivity index (χ2v) is 9.98. The summed E-state index contributed by atoms with van der Waals surface area (Å²) < 4.78 is 0. The van der Waals surface area contributed by atoms with Crippen LogP contribution in [0.5, 0.6) is 0 Å². The number of hydrogen-bond donors (Lipinski definition) is 2. The van der Waals surface area contributed by atoms with Gasteiger partial charge in [-0.25, -0.2) is 0 Å². The molecule has 0 bridgehead atoms. The molecule has 0 amide bonds. The third kappa shape index (κ3) is 4.86. The van der Waals surface area contributed by atoms with E-state index in [1.165, 1.54) is 43.3 Å². The van der Waals surface area contributed by atoms with E-state index in [-0.39, 0.29) is 12.2 Å². The van der Waals surface area contributed by atoms with Crippen LogP contribution >= 0.6 is 0 Å². The van der Waals surface area contributed by atoms with Crippen molar-refractivity contribution in [3.05, 3.63) is 47.1 Å². The standard InChI is InChI=1S/C26H38O2.C2H6/c1-18-19(6-3-9-24(18)27)11-12-20-8-5-17-26(2)22(15-16-23(20)26)14-13-21-7-4-10-25(21)28;1-2/h11-13,22-25,27-28H,1,3-10,14-17H2,2H3;1-2H3/b19-11-,20-12+,21-13+;. The zero-order valence-corrected chi connectivity index (χ0v) is 19.6. The van der Waals surface area contributed by atoms with Gasteiger partial charge in [0.25, 0.3) is 0 Å². The second-order valence-electron chi connectivity index (χ2n) is 9.98. The summed E-state index contributed by atoms with van der Waals surface area (Å²) in [5.74, 6) is 1.46. The van der Waals surface area contributed by atoms with Gasteiger partial charge >= 0.3 is 0 Å². The van der Waals surface area contributed by atoms with Crippen LogP contribution in [-0.4, -0.2) is 22.4 Å². The van der Waals surface area contributed by atoms with Gasteiger partial charge in [0.2, 0.25) is 0 Å². The summed E-state index contributed by atoms with van der Waals surface area (Å²) in [6.07, 6.45) is 20.4. The maximum atomic E-state index is 10.1. The summed E-state index contributed by atoms with van der Waals surface area (Å²) in [7, 11) is 0. The number of aliphatic hydroxyl groups excluding tert-OH is 2. The van der Waals surface area contributed by atoms with Crippen molar-refractivity contribution in [3.8, 4) is 0 Å². The van der Waals surface area contributed by atoms with Crippen molar-refractivity contribution in [1.29, 1.82) is 0 Å². The van der Waals surface area contributed by atoms with Crippen molar-refractivity contribution >= 4 is 0 Å². The molecule has 0 saturated heterocycles. The van der Waals surface area contributed by atoms with Crippen LogP contribution in [0.3, 0.4) is 0 Å². The number of aliphatic hydroxyl groups is 2. The van der Waals surface area contributed by atoms with Crippen molar-refractivity contribution in [1.82, 2.24) is 0 Å². The minimum atomic E-state index is -0.343. The van der Waals surface area contributed by atoms with E-state index in [1.54, 1.807) is 5.57 Å². The highest BCUT2D eigenvalue weighted by Gasteiger charge is 2.48. The lowest BCUT2D eigenvalue weighted by Gasteiger charge is -2.42. The first-order chi connectivity index (χ1) is 14.5. The van der Waals surface area contributed by atoms with Gasteiger partial charge in [0.05, 0.1) is 12.2 Å². The van der Waals surface area contributed by atoms with Gasteiger partial charge in [-0.3, -0.25) is 0 Å². The molecule has 0 spiro atoms. The molecular formula is C28H44O2. The molecule has 5 unspecified atom stereocenters. The first-order valence-corrected chi connectivity index (χ1v) is 12.6. The molecule has 168 valence electrons. The third-order valence-electron chi connectivity index (χ3n) is 8.43. The average molecular weight is 413 g/mol. The molecule has 0 radical (unpaired) electrons. The fourth-order valence-corrected chi connectivity index (χ4v) is 6.55. The van der Waals surface area contributed by atoms with Gasteiger partial charge in [-0.05, 0) is 111 Å². The largest absolute Gasteiger partial charge is 0.389 e. The van der Waals surface area contributed by atoms with Gasteiger partial charge in [0.1, 0.15) is 0 Å². The summed E-state index contributed by atoms with van der Waals surface area (Å²) >= 11 is 0. The number of allylic oxidation sites excluding steroid dienone is 4. The highest BCUT2D eigenvalue weighted by atomic mass is 16.3. The summed E-state index contributed by atoms with van der Waals surface area (Å²) in [6, 6.07) is 0. The maximum Gasteiger partial charge on any atom is 0.0787 e. The maximum absolute atomic E-state index is 10.1. The highest BCUT2D eigenvalue weighted by molar-refractivity contribution is 5.37. The van der Waals surface area contributed by atoms with Gasteiger partial charge in [0.15, 0.2) is 0 Å². The minimum absolute atomic E-state index is 0.169. The Morgan fingerprint density at radius 2 is 1.60 bits per heavy atom. The Morgan fingerprint density at radius 3 is 2.33 bits per heavy atom. The van der Waals surface area contributed by atoms with Crippen LogP contribution in [0.4, 0.5) is 0 Å². The molecule has 0 aromatic carbocycles. The van der Waals surface area contributed by atoms with Crippen molar-refractivity contribution in [3.63, 3.8) is 0 Å². The molecule has 2 heteroatoms. The molecule has 4 saturated carbocycles. The Hall–Kier alpha value is -1.12. The van der Waals surface area contributed by atoms with Crippen LogP contribution in [0.25, 0.3) is 0 Å². The first kappa shape index (κ1) is 23.5. The molecule has 4 fully saturated rings. The van der Waals surface area contributed by atoms with Crippen molar-refractivity contribution in [2.45, 2.75) is 110 Å². The average Bonchev–Trinajstić information content (AvgIpc) is 3.31. The van der Waals surface area contributed by atoms with E-state index in [0.29, 0.717) is 11.3 Å². The van der Waals surface area contributed by atoms with E-state index in [1.807, 2.05) is 13.8 Å². The van der Waals surface area contributed by atoms with E-state index in [0.717, 1.165) is 56.4 Å². The Balaban J connectivity index is 0.00000124. The van der Waals surface area contributed by atoms with Crippen LogP contribution < -0.4 is 0 Å². The van der Waals surface area contributed by atoms with Crippen LogP contribution in [0.2, 0.25) is 0 Å². The van der Waals surface area contributed by atoms with Gasteiger partial charge in [-0.15, -0.1) is 0 Å². The topological polar surface area (TPSA) is 40.5 Å². The predicted molar refractivity (Wildman–Crippen MR) is 127 cm³/mol. The van der Waals surface area contributed by atoms with Gasteiger partial charge < -0.3 is 10.2 Å². The number of fused-ring (bicyclic) bond motifs is 1. The summed E-state index contributed by atoms with van der Waals surface area (Å²) in [6.45, 7) is 10.7. The molecule has 0 heterocycles. The van der Waals surface area contributed by atoms with Gasteiger partial charge in [-0.2, -0.15) is 0 Å². The van der Waals surface area contributed by atoms with E-state index in [9.17, 15) is 10.2 Å². The predicted octanol–water partition coefficient (Wildman–Crippen LogP) is 7.04. The van der Waals surface area contributed by atoms with E-state index in [4.69, 9.17) is 0 Å². The zero-order valence-electron chi connectivity index (χ0n) is 19.6. The molecule has 5 atom stereocenters. The molecule has 0 aromatic heterocycles. The highest BCUT2D eigenvalue weighted by Crippen LogP contribution is 2.58. The summed E-state index contributed by atoms with van der Waals surface area (Å²) in [4.78, 5) is 0. The molecule has 0 aliphatic heterocycles.